The van der Waals surface area contributed by atoms with E-state index in [2.05, 4.69) is 13.2 Å². The number of hydrogen-bond acceptors (Lipinski definition) is 3. The summed E-state index contributed by atoms with van der Waals surface area (Å²) in [5.74, 6) is -0.0859. The third kappa shape index (κ3) is 3.27. The van der Waals surface area contributed by atoms with Gasteiger partial charge in [0.05, 0.1) is 13.5 Å². The normalized spacial score (nSPS) is 29.6. The molecular weight excluding hydrogens is 252 g/mol. The maximum atomic E-state index is 12.5. The first-order valence-corrected chi connectivity index (χ1v) is 6.85. The third-order valence-electron chi connectivity index (χ3n) is 4.18. The minimum absolute atomic E-state index is 0.190. The number of methoxy groups -OCH3 is 1. The van der Waals surface area contributed by atoms with Crippen molar-refractivity contribution in [2.45, 2.75) is 39.5 Å². The summed E-state index contributed by atoms with van der Waals surface area (Å²) in [5, 5.41) is 0. The van der Waals surface area contributed by atoms with Crippen LogP contribution in [0.1, 0.15) is 39.5 Å². The van der Waals surface area contributed by atoms with Crippen LogP contribution in [0.3, 0.4) is 0 Å². The average Bonchev–Trinajstić information content (AvgIpc) is 2.36. The van der Waals surface area contributed by atoms with Gasteiger partial charge in [-0.25, -0.2) is 0 Å². The zero-order chi connectivity index (χ0) is 15.4. The summed E-state index contributed by atoms with van der Waals surface area (Å²) in [6.07, 6.45) is 7.40. The summed E-state index contributed by atoms with van der Waals surface area (Å²) in [4.78, 5) is 24.1. The van der Waals surface area contributed by atoms with Gasteiger partial charge in [0.2, 0.25) is 0 Å². The Balaban J connectivity index is 3.23. The third-order valence-corrected chi connectivity index (χ3v) is 4.18. The lowest BCUT2D eigenvalue weighted by molar-refractivity contribution is -0.140. The summed E-state index contributed by atoms with van der Waals surface area (Å²) < 4.78 is 4.77. The van der Waals surface area contributed by atoms with E-state index >= 15 is 0 Å². The number of ketones is 1. The van der Waals surface area contributed by atoms with Crippen LogP contribution in [0.2, 0.25) is 0 Å². The molecule has 0 fully saturated rings. The number of Topliss-reactive ketones (excluding diaryl/α,β-unsaturated/α-hetero) is 1. The van der Waals surface area contributed by atoms with Gasteiger partial charge in [0.1, 0.15) is 5.78 Å². The Morgan fingerprint density at radius 3 is 2.45 bits per heavy atom. The van der Waals surface area contributed by atoms with Crippen molar-refractivity contribution in [2.75, 3.05) is 7.11 Å². The molecule has 0 saturated heterocycles. The van der Waals surface area contributed by atoms with Crippen LogP contribution in [0.25, 0.3) is 0 Å². The number of esters is 1. The summed E-state index contributed by atoms with van der Waals surface area (Å²) in [7, 11) is 1.38. The van der Waals surface area contributed by atoms with Crippen molar-refractivity contribution in [2.24, 2.45) is 10.8 Å². The second-order valence-electron chi connectivity index (χ2n) is 5.99. The predicted octanol–water partition coefficient (Wildman–Crippen LogP) is 3.61. The largest absolute Gasteiger partial charge is 0.469 e. The van der Waals surface area contributed by atoms with Crippen LogP contribution in [-0.4, -0.2) is 18.9 Å². The molecule has 1 rings (SSSR count). The Kier molecular flexibility index (Phi) is 5.09. The molecule has 20 heavy (non-hydrogen) atoms. The fraction of sp³-hybridized carbons (Fsp3) is 0.529. The number of rotatable bonds is 6. The van der Waals surface area contributed by atoms with Gasteiger partial charge in [-0.3, -0.25) is 9.59 Å². The molecule has 1 aliphatic rings. The molecule has 0 amide bonds. The van der Waals surface area contributed by atoms with Crippen molar-refractivity contribution in [3.8, 4) is 0 Å². The highest BCUT2D eigenvalue weighted by Gasteiger charge is 2.43. The van der Waals surface area contributed by atoms with Crippen molar-refractivity contribution >= 4 is 11.8 Å². The molecule has 0 spiro atoms. The quantitative estimate of drug-likeness (QED) is 0.550. The summed E-state index contributed by atoms with van der Waals surface area (Å²) >= 11 is 0. The molecule has 0 N–H and O–H groups in total. The minimum atomic E-state index is -0.564. The van der Waals surface area contributed by atoms with Gasteiger partial charge >= 0.3 is 5.97 Å². The van der Waals surface area contributed by atoms with Gasteiger partial charge in [-0.1, -0.05) is 30.7 Å². The van der Waals surface area contributed by atoms with Gasteiger partial charge in [0.25, 0.3) is 0 Å². The van der Waals surface area contributed by atoms with Gasteiger partial charge < -0.3 is 4.74 Å². The van der Waals surface area contributed by atoms with Crippen molar-refractivity contribution in [1.82, 2.24) is 0 Å². The van der Waals surface area contributed by atoms with Gasteiger partial charge in [-0.15, -0.1) is 13.2 Å². The van der Waals surface area contributed by atoms with E-state index in [1.165, 1.54) is 7.11 Å². The van der Waals surface area contributed by atoms with Crippen molar-refractivity contribution in [3.05, 3.63) is 37.0 Å². The number of carbonyl (C=O) groups is 2. The first kappa shape index (κ1) is 16.4. The maximum absolute atomic E-state index is 12.5. The first-order chi connectivity index (χ1) is 9.31. The van der Waals surface area contributed by atoms with Gasteiger partial charge in [-0.05, 0) is 25.2 Å². The molecule has 0 radical (unpaired) electrons. The molecule has 0 bridgehead atoms. The molecule has 0 aromatic heterocycles. The van der Waals surface area contributed by atoms with E-state index in [4.69, 9.17) is 4.74 Å². The second-order valence-corrected chi connectivity index (χ2v) is 5.99. The highest BCUT2D eigenvalue weighted by atomic mass is 16.5. The molecule has 0 heterocycles. The Bertz CT molecular complexity index is 461. The van der Waals surface area contributed by atoms with Crippen LogP contribution in [-0.2, 0) is 14.3 Å². The smallest absolute Gasteiger partial charge is 0.309 e. The van der Waals surface area contributed by atoms with Crippen LogP contribution in [0, 0.1) is 10.8 Å². The van der Waals surface area contributed by atoms with E-state index in [0.29, 0.717) is 19.3 Å². The highest BCUT2D eigenvalue weighted by molar-refractivity contribution is 5.90. The average molecular weight is 276 g/mol. The first-order valence-electron chi connectivity index (χ1n) is 6.85. The van der Waals surface area contributed by atoms with E-state index in [-0.39, 0.29) is 23.6 Å². The number of ether oxygens (including phenoxy) is 1. The van der Waals surface area contributed by atoms with E-state index in [9.17, 15) is 9.59 Å². The van der Waals surface area contributed by atoms with E-state index in [1.54, 1.807) is 12.2 Å². The summed E-state index contributed by atoms with van der Waals surface area (Å²) in [6, 6.07) is 0. The van der Waals surface area contributed by atoms with E-state index in [1.807, 2.05) is 19.9 Å². The van der Waals surface area contributed by atoms with E-state index < -0.39 is 5.41 Å². The molecule has 0 unspecified atom stereocenters. The van der Waals surface area contributed by atoms with Crippen LogP contribution >= 0.6 is 0 Å². The molecular formula is C17H24O3. The summed E-state index contributed by atoms with van der Waals surface area (Å²) in [6.45, 7) is 11.4. The Labute approximate surface area is 121 Å². The number of carbonyl (C=O) groups excluding carboxylic acids is 2. The number of hydrogen-bond donors (Lipinski definition) is 0. The van der Waals surface area contributed by atoms with Gasteiger partial charge in [0, 0.05) is 11.8 Å². The second kappa shape index (κ2) is 6.21. The Morgan fingerprint density at radius 2 is 1.95 bits per heavy atom. The number of allylic oxidation sites excluding steroid dienone is 3. The molecule has 0 aliphatic heterocycles. The zero-order valence-corrected chi connectivity index (χ0v) is 12.7. The standard InChI is InChI=1S/C17H24O3/c1-6-8-16(3)12-14(18)17(4,9-7-2)11-13(16)10-15(19)20-5/h6-7,11H,1-2,8-10,12H2,3-5H3/t16-,17-/m1/s1. The lowest BCUT2D eigenvalue weighted by atomic mass is 9.62. The lowest BCUT2D eigenvalue weighted by Crippen LogP contribution is -2.38. The van der Waals surface area contributed by atoms with Crippen molar-refractivity contribution in [3.63, 3.8) is 0 Å². The van der Waals surface area contributed by atoms with Crippen molar-refractivity contribution < 1.29 is 14.3 Å². The molecule has 3 heteroatoms. The van der Waals surface area contributed by atoms with Crippen LogP contribution < -0.4 is 0 Å². The molecule has 0 aromatic rings. The van der Waals surface area contributed by atoms with Gasteiger partial charge in [0.15, 0.2) is 0 Å². The van der Waals surface area contributed by atoms with Crippen LogP contribution in [0.4, 0.5) is 0 Å². The van der Waals surface area contributed by atoms with Crippen molar-refractivity contribution in [1.29, 1.82) is 0 Å². The van der Waals surface area contributed by atoms with E-state index in [0.717, 1.165) is 5.57 Å². The van der Waals surface area contributed by atoms with Gasteiger partial charge in [-0.2, -0.15) is 0 Å². The zero-order valence-electron chi connectivity index (χ0n) is 12.7. The Morgan fingerprint density at radius 1 is 1.35 bits per heavy atom. The van der Waals surface area contributed by atoms with Crippen LogP contribution in [0.15, 0.2) is 37.0 Å². The molecule has 1 aliphatic carbocycles. The fourth-order valence-corrected chi connectivity index (χ4v) is 2.80. The molecule has 110 valence electrons. The highest BCUT2D eigenvalue weighted by Crippen LogP contribution is 2.47. The Hall–Kier alpha value is -1.64. The lowest BCUT2D eigenvalue weighted by Gasteiger charge is -2.40. The maximum Gasteiger partial charge on any atom is 0.309 e. The van der Waals surface area contributed by atoms with Crippen LogP contribution in [0.5, 0.6) is 0 Å². The fourth-order valence-electron chi connectivity index (χ4n) is 2.80. The SMILES string of the molecule is C=CC[C@]1(C)CC(=O)[C@](C)(CC=C)C=C1CC(=O)OC. The summed E-state index contributed by atoms with van der Waals surface area (Å²) in [5.41, 5.74) is 0.0626. The topological polar surface area (TPSA) is 43.4 Å². The molecule has 2 atom stereocenters. The molecule has 0 saturated carbocycles. The minimum Gasteiger partial charge on any atom is -0.469 e. The molecule has 3 nitrogen and oxygen atoms in total. The molecule has 0 aromatic carbocycles. The predicted molar refractivity (Wildman–Crippen MR) is 80.2 cm³/mol. The monoisotopic (exact) mass is 276 g/mol.